The fourth-order valence-electron chi connectivity index (χ4n) is 4.16. The number of methoxy groups -OCH3 is 4. The molecule has 172 valence electrons. The molecule has 0 radical (unpaired) electrons. The van der Waals surface area contributed by atoms with Crippen LogP contribution in [0.25, 0.3) is 0 Å². The summed E-state index contributed by atoms with van der Waals surface area (Å²) in [6.07, 6.45) is 0. The maximum Gasteiger partial charge on any atom is 0.339 e. The molecule has 1 aliphatic heterocycles. The number of rotatable bonds is 6. The van der Waals surface area contributed by atoms with Crippen molar-refractivity contribution in [2.75, 3.05) is 28.4 Å². The van der Waals surface area contributed by atoms with E-state index in [0.29, 0.717) is 10.6 Å². The molecule has 2 aromatic carbocycles. The second kappa shape index (κ2) is 9.88. The van der Waals surface area contributed by atoms with Gasteiger partial charge in [0.05, 0.1) is 44.9 Å². The molecule has 0 N–H and O–H groups in total. The number of carbonyl (C=O) groups excluding carboxylic acids is 4. The minimum atomic E-state index is -3.37. The van der Waals surface area contributed by atoms with Crippen LogP contribution >= 0.6 is 6.89 Å². The molecule has 0 saturated heterocycles. The molecular formula is C24H23O8P. The van der Waals surface area contributed by atoms with Gasteiger partial charge in [-0.05, 0) is 17.5 Å². The first-order valence-electron chi connectivity index (χ1n) is 9.84. The lowest BCUT2D eigenvalue weighted by Gasteiger charge is -2.32. The lowest BCUT2D eigenvalue weighted by atomic mass is 10.0. The van der Waals surface area contributed by atoms with Crippen LogP contribution in [0.15, 0.2) is 71.8 Å². The molecule has 9 heteroatoms. The second-order valence-electron chi connectivity index (χ2n) is 6.93. The third-order valence-corrected chi connectivity index (χ3v) is 10.0. The van der Waals surface area contributed by atoms with Gasteiger partial charge in [0, 0.05) is 0 Å². The molecule has 33 heavy (non-hydrogen) atoms. The van der Waals surface area contributed by atoms with Gasteiger partial charge in [-0.25, -0.2) is 14.4 Å². The lowest BCUT2D eigenvalue weighted by Crippen LogP contribution is -2.36. The summed E-state index contributed by atoms with van der Waals surface area (Å²) in [4.78, 5) is 52.8. The summed E-state index contributed by atoms with van der Waals surface area (Å²) in [6.45, 7) is -3.37. The van der Waals surface area contributed by atoms with E-state index >= 15 is 0 Å². The van der Waals surface area contributed by atoms with Gasteiger partial charge < -0.3 is 18.9 Å². The Morgan fingerprint density at radius 2 is 1.09 bits per heavy atom. The average Bonchev–Trinajstić information content (AvgIpc) is 3.20. The largest absolute Gasteiger partial charge is 0.468 e. The van der Waals surface area contributed by atoms with Gasteiger partial charge in [-0.2, -0.15) is 0 Å². The number of benzene rings is 2. The summed E-state index contributed by atoms with van der Waals surface area (Å²) in [7, 11) is 4.59. The van der Waals surface area contributed by atoms with E-state index in [4.69, 9.17) is 18.9 Å². The number of hydrogen-bond acceptors (Lipinski definition) is 8. The Labute approximate surface area is 191 Å². The topological polar surface area (TPSA) is 105 Å². The molecule has 8 nitrogen and oxygen atoms in total. The molecule has 0 bridgehead atoms. The van der Waals surface area contributed by atoms with E-state index < -0.39 is 36.4 Å². The van der Waals surface area contributed by atoms with Gasteiger partial charge >= 0.3 is 23.9 Å². The zero-order valence-corrected chi connectivity index (χ0v) is 19.5. The SMILES string of the molecule is COC(=O)C1=C(C(=O)OC)C(C(=O)OC)P(c2ccccc2)(c2ccccc2)=C1C(=O)OC. The van der Waals surface area contributed by atoms with E-state index in [9.17, 15) is 19.2 Å². The van der Waals surface area contributed by atoms with Crippen molar-refractivity contribution in [3.8, 4) is 0 Å². The monoisotopic (exact) mass is 470 g/mol. The molecule has 1 aliphatic rings. The van der Waals surface area contributed by atoms with Crippen molar-refractivity contribution >= 4 is 46.7 Å². The lowest BCUT2D eigenvalue weighted by molar-refractivity contribution is -0.143. The van der Waals surface area contributed by atoms with Crippen LogP contribution in [0.5, 0.6) is 0 Å². The molecule has 0 spiro atoms. The molecule has 0 aromatic heterocycles. The standard InChI is InChI=1S/C24H23O8P/c1-29-21(25)17-18(22(26)30-2)20(24(28)32-4)33(19(17)23(27)31-3,15-11-7-5-8-12-15)16-13-9-6-10-14-16/h5-14,19H,1-4H3. The Balaban J connectivity index is 2.69. The number of hydrogen-bond donors (Lipinski definition) is 0. The predicted octanol–water partition coefficient (Wildman–Crippen LogP) is 1.20. The van der Waals surface area contributed by atoms with Crippen LogP contribution in [0.1, 0.15) is 0 Å². The predicted molar refractivity (Wildman–Crippen MR) is 123 cm³/mol. The van der Waals surface area contributed by atoms with Gasteiger partial charge in [-0.3, -0.25) is 4.79 Å². The van der Waals surface area contributed by atoms with Crippen molar-refractivity contribution < 1.29 is 38.1 Å². The third-order valence-electron chi connectivity index (χ3n) is 5.44. The average molecular weight is 470 g/mol. The highest BCUT2D eigenvalue weighted by molar-refractivity contribution is 7.93. The number of carbonyl (C=O) groups is 4. The fraction of sp³-hybridized carbons (Fsp3) is 0.208. The smallest absolute Gasteiger partial charge is 0.339 e. The van der Waals surface area contributed by atoms with Crippen LogP contribution in [-0.4, -0.2) is 63.3 Å². The van der Waals surface area contributed by atoms with Gasteiger partial charge in [0.15, 0.2) is 0 Å². The molecule has 2 aromatic rings. The Morgan fingerprint density at radius 3 is 1.48 bits per heavy atom. The van der Waals surface area contributed by atoms with Crippen molar-refractivity contribution in [2.45, 2.75) is 5.66 Å². The second-order valence-corrected chi connectivity index (χ2v) is 10.4. The van der Waals surface area contributed by atoms with Crippen molar-refractivity contribution in [3.05, 3.63) is 71.8 Å². The highest BCUT2D eigenvalue weighted by Gasteiger charge is 2.56. The zero-order valence-electron chi connectivity index (χ0n) is 18.6. The number of esters is 4. The fourth-order valence-corrected chi connectivity index (χ4v) is 9.10. The Bertz CT molecular complexity index is 1140. The van der Waals surface area contributed by atoms with E-state index in [0.717, 1.165) is 21.3 Å². The first-order valence-corrected chi connectivity index (χ1v) is 11.7. The maximum absolute atomic E-state index is 13.4. The molecule has 1 heterocycles. The van der Waals surface area contributed by atoms with Gasteiger partial charge in [0.1, 0.15) is 5.66 Å². The Morgan fingerprint density at radius 1 is 0.636 bits per heavy atom. The highest BCUT2D eigenvalue weighted by atomic mass is 31.2. The summed E-state index contributed by atoms with van der Waals surface area (Å²) in [6, 6.07) is 17.5. The zero-order chi connectivity index (χ0) is 24.2. The van der Waals surface area contributed by atoms with E-state index in [1.54, 1.807) is 60.7 Å². The Hall–Kier alpha value is -3.64. The summed E-state index contributed by atoms with van der Waals surface area (Å²) in [5.74, 6) is -3.56. The summed E-state index contributed by atoms with van der Waals surface area (Å²) >= 11 is 0. The van der Waals surface area contributed by atoms with E-state index in [2.05, 4.69) is 0 Å². The van der Waals surface area contributed by atoms with Crippen LogP contribution in [0.2, 0.25) is 0 Å². The normalized spacial score (nSPS) is 16.7. The first-order chi connectivity index (χ1) is 15.9. The van der Waals surface area contributed by atoms with E-state index in [-0.39, 0.29) is 16.4 Å². The minimum Gasteiger partial charge on any atom is -0.468 e. The third kappa shape index (κ3) is 3.76. The Kier molecular flexibility index (Phi) is 7.19. The molecule has 0 aliphatic carbocycles. The molecule has 1 atom stereocenters. The van der Waals surface area contributed by atoms with Crippen LogP contribution in [0, 0.1) is 0 Å². The molecular weight excluding hydrogens is 447 g/mol. The van der Waals surface area contributed by atoms with Gasteiger partial charge in [-0.15, -0.1) is 0 Å². The summed E-state index contributed by atoms with van der Waals surface area (Å²) < 4.78 is 20.1. The maximum atomic E-state index is 13.4. The van der Waals surface area contributed by atoms with E-state index in [1.165, 1.54) is 7.11 Å². The molecule has 1 unspecified atom stereocenters. The van der Waals surface area contributed by atoms with Crippen LogP contribution in [0.3, 0.4) is 0 Å². The molecule has 0 fully saturated rings. The summed E-state index contributed by atoms with van der Waals surface area (Å²) in [5, 5.41) is 1.05. The molecule has 0 amide bonds. The van der Waals surface area contributed by atoms with Gasteiger partial charge in [0.25, 0.3) is 0 Å². The van der Waals surface area contributed by atoms with E-state index in [1.807, 2.05) is 0 Å². The van der Waals surface area contributed by atoms with Crippen molar-refractivity contribution in [1.82, 2.24) is 0 Å². The van der Waals surface area contributed by atoms with Crippen molar-refractivity contribution in [1.29, 1.82) is 0 Å². The quantitative estimate of drug-likeness (QED) is 0.352. The molecule has 0 saturated carbocycles. The minimum absolute atomic E-state index is 0.106. The van der Waals surface area contributed by atoms with Gasteiger partial charge in [-0.1, -0.05) is 60.7 Å². The van der Waals surface area contributed by atoms with Crippen molar-refractivity contribution in [2.24, 2.45) is 0 Å². The van der Waals surface area contributed by atoms with Crippen LogP contribution in [0.4, 0.5) is 0 Å². The van der Waals surface area contributed by atoms with Gasteiger partial charge in [0.2, 0.25) is 0 Å². The van der Waals surface area contributed by atoms with Crippen LogP contribution in [-0.2, 0) is 38.1 Å². The van der Waals surface area contributed by atoms with Crippen molar-refractivity contribution in [3.63, 3.8) is 0 Å². The van der Waals surface area contributed by atoms with Crippen LogP contribution < -0.4 is 10.6 Å². The molecule has 3 rings (SSSR count). The summed E-state index contributed by atoms with van der Waals surface area (Å²) in [5.41, 5.74) is -1.96. The number of ether oxygens (including phenoxy) is 4. The highest BCUT2D eigenvalue weighted by Crippen LogP contribution is 2.60. The first kappa shape index (κ1) is 24.0.